The summed E-state index contributed by atoms with van der Waals surface area (Å²) in [5, 5.41) is 0. The van der Waals surface area contributed by atoms with Crippen molar-refractivity contribution in [2.24, 2.45) is 0 Å². The number of carbonyl (C=O) groups is 1. The number of nitrogens with one attached hydrogen (secondary N) is 1. The van der Waals surface area contributed by atoms with E-state index in [2.05, 4.69) is 9.97 Å². The predicted molar refractivity (Wildman–Crippen MR) is 94.8 cm³/mol. The Kier molecular flexibility index (Phi) is 3.80. The molecule has 0 fully saturated rings. The molecule has 1 aliphatic rings. The molecule has 3 aromatic rings. The number of carbonyl (C=O) groups excluding carboxylic acids is 1. The van der Waals surface area contributed by atoms with Crippen molar-refractivity contribution in [1.82, 2.24) is 9.97 Å². The molecule has 130 valence electrons. The third kappa shape index (κ3) is 2.75. The van der Waals surface area contributed by atoms with Gasteiger partial charge in [0.2, 0.25) is 5.88 Å². The maximum absolute atomic E-state index is 12.6. The summed E-state index contributed by atoms with van der Waals surface area (Å²) in [5.74, 6) is 0.910. The molecule has 6 heteroatoms. The summed E-state index contributed by atoms with van der Waals surface area (Å²) in [4.78, 5) is 31.0. The normalized spacial score (nSPS) is 14.8. The van der Waals surface area contributed by atoms with E-state index in [-0.39, 0.29) is 17.4 Å². The van der Waals surface area contributed by atoms with Gasteiger partial charge in [0.1, 0.15) is 17.3 Å². The van der Waals surface area contributed by atoms with E-state index >= 15 is 0 Å². The Morgan fingerprint density at radius 3 is 2.69 bits per heavy atom. The van der Waals surface area contributed by atoms with Gasteiger partial charge in [-0.2, -0.15) is 4.98 Å². The highest BCUT2D eigenvalue weighted by molar-refractivity contribution is 5.70. The smallest absolute Gasteiger partial charge is 0.308 e. The maximum atomic E-state index is 12.6. The number of nitrogens with zero attached hydrogens (tertiary/aromatic N) is 1. The van der Waals surface area contributed by atoms with Crippen LogP contribution >= 0.6 is 0 Å². The minimum absolute atomic E-state index is 0.226. The van der Waals surface area contributed by atoms with Crippen LogP contribution in [0.25, 0.3) is 0 Å². The van der Waals surface area contributed by atoms with E-state index in [1.807, 2.05) is 36.4 Å². The highest BCUT2D eigenvalue weighted by atomic mass is 16.5. The van der Waals surface area contributed by atoms with Crippen LogP contribution in [0.3, 0.4) is 0 Å². The molecule has 1 aromatic heterocycles. The van der Waals surface area contributed by atoms with E-state index in [4.69, 9.17) is 9.47 Å². The second-order valence-corrected chi connectivity index (χ2v) is 6.11. The molecule has 0 aliphatic carbocycles. The summed E-state index contributed by atoms with van der Waals surface area (Å²) in [6.45, 7) is 3.04. The molecule has 2 heterocycles. The predicted octanol–water partition coefficient (Wildman–Crippen LogP) is 3.29. The molecular formula is C20H16N2O4. The van der Waals surface area contributed by atoms with Gasteiger partial charge < -0.3 is 14.5 Å². The Hall–Kier alpha value is -3.41. The standard InChI is InChI=1S/C20H16N2O4/c1-11-21-19(24)18-17(13-6-4-3-5-7-13)15-9-8-14(25-12(2)23)10-16(15)26-20(18)22-11/h3-10,17H,1-2H3,(H,21,22,24)/t17-/m1/s1. The van der Waals surface area contributed by atoms with E-state index in [1.165, 1.54) is 6.92 Å². The molecule has 0 radical (unpaired) electrons. The monoisotopic (exact) mass is 348 g/mol. The van der Waals surface area contributed by atoms with Crippen LogP contribution in [0.4, 0.5) is 0 Å². The van der Waals surface area contributed by atoms with Crippen LogP contribution in [0.2, 0.25) is 0 Å². The molecule has 2 aromatic carbocycles. The molecule has 1 aliphatic heterocycles. The van der Waals surface area contributed by atoms with Crippen molar-refractivity contribution >= 4 is 5.97 Å². The zero-order valence-corrected chi connectivity index (χ0v) is 14.3. The van der Waals surface area contributed by atoms with E-state index in [0.29, 0.717) is 22.9 Å². The number of benzene rings is 2. The van der Waals surface area contributed by atoms with Gasteiger partial charge >= 0.3 is 5.97 Å². The lowest BCUT2D eigenvalue weighted by Gasteiger charge is -2.27. The fourth-order valence-electron chi connectivity index (χ4n) is 3.22. The number of hydrogen-bond acceptors (Lipinski definition) is 5. The van der Waals surface area contributed by atoms with Gasteiger partial charge in [0.25, 0.3) is 5.56 Å². The lowest BCUT2D eigenvalue weighted by Crippen LogP contribution is -2.24. The molecule has 0 amide bonds. The van der Waals surface area contributed by atoms with Crippen LogP contribution in [-0.4, -0.2) is 15.9 Å². The third-order valence-electron chi connectivity index (χ3n) is 4.22. The third-order valence-corrected chi connectivity index (χ3v) is 4.22. The molecular weight excluding hydrogens is 332 g/mol. The number of rotatable bonds is 2. The van der Waals surface area contributed by atoms with Gasteiger partial charge in [0.15, 0.2) is 0 Å². The maximum Gasteiger partial charge on any atom is 0.308 e. The highest BCUT2D eigenvalue weighted by Crippen LogP contribution is 2.46. The number of hydrogen-bond donors (Lipinski definition) is 1. The van der Waals surface area contributed by atoms with Crippen LogP contribution in [0.15, 0.2) is 53.3 Å². The van der Waals surface area contributed by atoms with E-state index in [9.17, 15) is 9.59 Å². The number of aryl methyl sites for hydroxylation is 1. The summed E-state index contributed by atoms with van der Waals surface area (Å²) in [5.41, 5.74) is 2.01. The van der Waals surface area contributed by atoms with Gasteiger partial charge in [-0.15, -0.1) is 0 Å². The van der Waals surface area contributed by atoms with E-state index < -0.39 is 5.97 Å². The molecule has 0 saturated heterocycles. The highest BCUT2D eigenvalue weighted by Gasteiger charge is 2.33. The van der Waals surface area contributed by atoms with Crippen LogP contribution in [-0.2, 0) is 4.79 Å². The van der Waals surface area contributed by atoms with Crippen LogP contribution in [0.1, 0.15) is 35.4 Å². The SMILES string of the molecule is CC(=O)Oc1ccc2c(c1)Oc1nc(C)[nH]c(=O)c1[C@@H]2c1ccccc1. The van der Waals surface area contributed by atoms with Crippen LogP contribution in [0.5, 0.6) is 17.4 Å². The molecule has 0 bridgehead atoms. The number of aromatic nitrogens is 2. The number of H-pyrrole nitrogens is 1. The molecule has 4 rings (SSSR count). The first kappa shape index (κ1) is 16.1. The van der Waals surface area contributed by atoms with Crippen molar-refractivity contribution < 1.29 is 14.3 Å². The zero-order chi connectivity index (χ0) is 18.3. The van der Waals surface area contributed by atoms with Gasteiger partial charge in [0, 0.05) is 24.5 Å². The summed E-state index contributed by atoms with van der Waals surface area (Å²) in [7, 11) is 0. The topological polar surface area (TPSA) is 81.3 Å². The molecule has 26 heavy (non-hydrogen) atoms. The summed E-state index contributed by atoms with van der Waals surface area (Å²) < 4.78 is 11.0. The fourth-order valence-corrected chi connectivity index (χ4v) is 3.22. The first-order valence-corrected chi connectivity index (χ1v) is 8.19. The zero-order valence-electron chi connectivity index (χ0n) is 14.3. The van der Waals surface area contributed by atoms with Gasteiger partial charge in [0.05, 0.1) is 5.56 Å². The number of aromatic amines is 1. The molecule has 0 saturated carbocycles. The second-order valence-electron chi connectivity index (χ2n) is 6.11. The molecule has 0 spiro atoms. The minimum Gasteiger partial charge on any atom is -0.438 e. The summed E-state index contributed by atoms with van der Waals surface area (Å²) in [6, 6.07) is 14.8. The second kappa shape index (κ2) is 6.15. The van der Waals surface area contributed by atoms with E-state index in [1.54, 1.807) is 19.1 Å². The average molecular weight is 348 g/mol. The Morgan fingerprint density at radius 1 is 1.19 bits per heavy atom. The fraction of sp³-hybridized carbons (Fsp3) is 0.150. The van der Waals surface area contributed by atoms with Crippen molar-refractivity contribution in [3.8, 4) is 17.4 Å². The van der Waals surface area contributed by atoms with Crippen molar-refractivity contribution in [2.75, 3.05) is 0 Å². The summed E-state index contributed by atoms with van der Waals surface area (Å²) >= 11 is 0. The van der Waals surface area contributed by atoms with Gasteiger partial charge in [-0.05, 0) is 18.6 Å². The van der Waals surface area contributed by atoms with Gasteiger partial charge in [-0.1, -0.05) is 36.4 Å². The van der Waals surface area contributed by atoms with Gasteiger partial charge in [-0.3, -0.25) is 9.59 Å². The molecule has 6 nitrogen and oxygen atoms in total. The molecule has 0 unspecified atom stereocenters. The lowest BCUT2D eigenvalue weighted by molar-refractivity contribution is -0.131. The largest absolute Gasteiger partial charge is 0.438 e. The minimum atomic E-state index is -0.411. The van der Waals surface area contributed by atoms with Crippen molar-refractivity contribution in [1.29, 1.82) is 0 Å². The Morgan fingerprint density at radius 2 is 1.96 bits per heavy atom. The average Bonchev–Trinajstić information content (AvgIpc) is 2.59. The Balaban J connectivity index is 1.94. The summed E-state index contributed by atoms with van der Waals surface area (Å²) in [6.07, 6.45) is 0. The van der Waals surface area contributed by atoms with Gasteiger partial charge in [-0.25, -0.2) is 0 Å². The van der Waals surface area contributed by atoms with Crippen molar-refractivity contribution in [3.05, 3.63) is 81.4 Å². The Bertz CT molecular complexity index is 1060. The first-order chi connectivity index (χ1) is 12.5. The first-order valence-electron chi connectivity index (χ1n) is 8.19. The quantitative estimate of drug-likeness (QED) is 0.444. The number of ether oxygens (including phenoxy) is 2. The molecule has 1 N–H and O–H groups in total. The number of fused-ring (bicyclic) bond motifs is 2. The van der Waals surface area contributed by atoms with Crippen molar-refractivity contribution in [3.63, 3.8) is 0 Å². The van der Waals surface area contributed by atoms with E-state index in [0.717, 1.165) is 11.1 Å². The molecule has 1 atom stereocenters. The van der Waals surface area contributed by atoms with Crippen LogP contribution < -0.4 is 15.0 Å². The Labute approximate surface area is 149 Å². The lowest BCUT2D eigenvalue weighted by atomic mass is 9.84. The number of esters is 1. The van der Waals surface area contributed by atoms with Crippen molar-refractivity contribution in [2.45, 2.75) is 19.8 Å². The van der Waals surface area contributed by atoms with Crippen LogP contribution in [0, 0.1) is 6.92 Å².